The van der Waals surface area contributed by atoms with Crippen LogP contribution in [0.25, 0.3) is 0 Å². The maximum absolute atomic E-state index is 12.0. The molecule has 0 aromatic heterocycles. The summed E-state index contributed by atoms with van der Waals surface area (Å²) in [6, 6.07) is 7.73. The quantitative estimate of drug-likeness (QED) is 0.764. The Morgan fingerprint density at radius 2 is 2.29 bits per heavy atom. The molecule has 0 radical (unpaired) electrons. The predicted molar refractivity (Wildman–Crippen MR) is 66.0 cm³/mol. The van der Waals surface area contributed by atoms with Crippen LogP contribution in [0.2, 0.25) is 0 Å². The maximum atomic E-state index is 12.0. The van der Waals surface area contributed by atoms with Crippen molar-refractivity contribution in [3.05, 3.63) is 29.8 Å². The molecule has 0 spiro atoms. The van der Waals surface area contributed by atoms with Gasteiger partial charge in [-0.1, -0.05) is 18.2 Å². The molecule has 2 rings (SSSR count). The van der Waals surface area contributed by atoms with Gasteiger partial charge in [-0.2, -0.15) is 0 Å². The maximum Gasteiger partial charge on any atom is 0.227 e. The minimum atomic E-state index is -0.0854. The lowest BCUT2D eigenvalue weighted by Gasteiger charge is -2.25. The number of hydrogen-bond donors (Lipinski definition) is 2. The summed E-state index contributed by atoms with van der Waals surface area (Å²) >= 11 is 0. The molecule has 1 aromatic carbocycles. The second kappa shape index (κ2) is 5.68. The molecule has 0 fully saturated rings. The highest BCUT2D eigenvalue weighted by molar-refractivity contribution is 5.84. The topological polar surface area (TPSA) is 64.3 Å². The monoisotopic (exact) mass is 234 g/mol. The van der Waals surface area contributed by atoms with E-state index in [0.29, 0.717) is 19.7 Å². The Labute approximate surface area is 101 Å². The zero-order valence-electron chi connectivity index (χ0n) is 9.82. The summed E-state index contributed by atoms with van der Waals surface area (Å²) in [6.45, 7) is 1.85. The molecule has 1 heterocycles. The van der Waals surface area contributed by atoms with E-state index >= 15 is 0 Å². The smallest absolute Gasteiger partial charge is 0.227 e. The van der Waals surface area contributed by atoms with Crippen molar-refractivity contribution in [3.63, 3.8) is 0 Å². The van der Waals surface area contributed by atoms with Crippen LogP contribution in [0.15, 0.2) is 24.3 Å². The molecule has 0 aliphatic carbocycles. The van der Waals surface area contributed by atoms with Gasteiger partial charge in [0.05, 0.1) is 12.5 Å². The number of nitrogens with two attached hydrogens (primary N) is 1. The summed E-state index contributed by atoms with van der Waals surface area (Å²) < 4.78 is 5.53. The fraction of sp³-hybridized carbons (Fsp3) is 0.462. The highest BCUT2D eigenvalue weighted by Crippen LogP contribution is 2.33. The normalized spacial score (nSPS) is 18.1. The first-order valence-electron chi connectivity index (χ1n) is 6.02. The largest absolute Gasteiger partial charge is 0.493 e. The fourth-order valence-electron chi connectivity index (χ4n) is 2.05. The first kappa shape index (κ1) is 11.9. The standard InChI is InChI=1S/C13H18N2O2/c14-7-3-8-15-13(16)11-6-9-17-12-5-2-1-4-10(11)12/h1-2,4-5,11H,3,6-9,14H2,(H,15,16). The molecule has 0 bridgehead atoms. The van der Waals surface area contributed by atoms with Gasteiger partial charge in [-0.15, -0.1) is 0 Å². The summed E-state index contributed by atoms with van der Waals surface area (Å²) in [5.74, 6) is 0.824. The minimum absolute atomic E-state index is 0.0780. The molecule has 1 aliphatic heterocycles. The predicted octanol–water partition coefficient (Wildman–Crippen LogP) is 1.02. The van der Waals surface area contributed by atoms with E-state index in [1.807, 2.05) is 24.3 Å². The zero-order valence-corrected chi connectivity index (χ0v) is 9.82. The van der Waals surface area contributed by atoms with Gasteiger partial charge in [0.15, 0.2) is 0 Å². The van der Waals surface area contributed by atoms with Gasteiger partial charge in [0.1, 0.15) is 5.75 Å². The molecule has 1 amide bonds. The van der Waals surface area contributed by atoms with Crippen LogP contribution in [0.4, 0.5) is 0 Å². The Hall–Kier alpha value is -1.55. The Balaban J connectivity index is 2.05. The third-order valence-electron chi connectivity index (χ3n) is 2.96. The molecule has 3 N–H and O–H groups in total. The molecule has 1 unspecified atom stereocenters. The van der Waals surface area contributed by atoms with Crippen molar-refractivity contribution < 1.29 is 9.53 Å². The number of ether oxygens (including phenoxy) is 1. The van der Waals surface area contributed by atoms with Crippen molar-refractivity contribution in [2.45, 2.75) is 18.8 Å². The van der Waals surface area contributed by atoms with Crippen molar-refractivity contribution in [1.82, 2.24) is 5.32 Å². The Morgan fingerprint density at radius 1 is 1.47 bits per heavy atom. The summed E-state index contributed by atoms with van der Waals surface area (Å²) in [7, 11) is 0. The Morgan fingerprint density at radius 3 is 3.12 bits per heavy atom. The van der Waals surface area contributed by atoms with Crippen LogP contribution in [0.5, 0.6) is 5.75 Å². The molecule has 4 heteroatoms. The number of carbonyl (C=O) groups excluding carboxylic acids is 1. The van der Waals surface area contributed by atoms with Crippen LogP contribution in [-0.4, -0.2) is 25.6 Å². The average molecular weight is 234 g/mol. The van der Waals surface area contributed by atoms with E-state index in [9.17, 15) is 4.79 Å². The van der Waals surface area contributed by atoms with Gasteiger partial charge < -0.3 is 15.8 Å². The Bertz CT molecular complexity index is 393. The summed E-state index contributed by atoms with van der Waals surface area (Å²) in [5.41, 5.74) is 6.39. The van der Waals surface area contributed by atoms with E-state index < -0.39 is 0 Å². The lowest BCUT2D eigenvalue weighted by atomic mass is 9.92. The fourth-order valence-corrected chi connectivity index (χ4v) is 2.05. The third kappa shape index (κ3) is 2.77. The highest BCUT2D eigenvalue weighted by atomic mass is 16.5. The third-order valence-corrected chi connectivity index (χ3v) is 2.96. The van der Waals surface area contributed by atoms with Crippen LogP contribution < -0.4 is 15.8 Å². The van der Waals surface area contributed by atoms with Crippen molar-refractivity contribution in [2.75, 3.05) is 19.7 Å². The zero-order chi connectivity index (χ0) is 12.1. The van der Waals surface area contributed by atoms with E-state index in [0.717, 1.165) is 24.2 Å². The van der Waals surface area contributed by atoms with Crippen molar-refractivity contribution >= 4 is 5.91 Å². The summed E-state index contributed by atoms with van der Waals surface area (Å²) in [5, 5.41) is 2.92. The van der Waals surface area contributed by atoms with E-state index in [1.165, 1.54) is 0 Å². The number of carbonyl (C=O) groups is 1. The van der Waals surface area contributed by atoms with Gasteiger partial charge in [0.25, 0.3) is 0 Å². The molecule has 1 aromatic rings. The van der Waals surface area contributed by atoms with E-state index in [-0.39, 0.29) is 11.8 Å². The van der Waals surface area contributed by atoms with Gasteiger partial charge in [0.2, 0.25) is 5.91 Å². The second-order valence-corrected chi connectivity index (χ2v) is 4.16. The summed E-state index contributed by atoms with van der Waals surface area (Å²) in [6.07, 6.45) is 1.56. The van der Waals surface area contributed by atoms with Gasteiger partial charge in [0, 0.05) is 12.1 Å². The number of fused-ring (bicyclic) bond motifs is 1. The number of benzene rings is 1. The first-order chi connectivity index (χ1) is 8.33. The number of rotatable bonds is 4. The minimum Gasteiger partial charge on any atom is -0.493 e. The lowest BCUT2D eigenvalue weighted by Crippen LogP contribution is -2.33. The van der Waals surface area contributed by atoms with Crippen molar-refractivity contribution in [3.8, 4) is 5.75 Å². The van der Waals surface area contributed by atoms with Gasteiger partial charge in [-0.05, 0) is 25.5 Å². The average Bonchev–Trinajstić information content (AvgIpc) is 2.38. The van der Waals surface area contributed by atoms with Gasteiger partial charge in [-0.3, -0.25) is 4.79 Å². The molecular formula is C13H18N2O2. The number of amides is 1. The molecule has 92 valence electrons. The lowest BCUT2D eigenvalue weighted by molar-refractivity contribution is -0.123. The van der Waals surface area contributed by atoms with Crippen LogP contribution >= 0.6 is 0 Å². The van der Waals surface area contributed by atoms with E-state index in [4.69, 9.17) is 10.5 Å². The molecular weight excluding hydrogens is 216 g/mol. The molecule has 17 heavy (non-hydrogen) atoms. The molecule has 0 saturated heterocycles. The first-order valence-corrected chi connectivity index (χ1v) is 6.02. The van der Waals surface area contributed by atoms with Gasteiger partial charge >= 0.3 is 0 Å². The molecule has 0 saturated carbocycles. The van der Waals surface area contributed by atoms with E-state index in [2.05, 4.69) is 5.32 Å². The van der Waals surface area contributed by atoms with Gasteiger partial charge in [-0.25, -0.2) is 0 Å². The van der Waals surface area contributed by atoms with Crippen molar-refractivity contribution in [2.24, 2.45) is 5.73 Å². The number of nitrogens with one attached hydrogen (secondary N) is 1. The Kier molecular flexibility index (Phi) is 3.98. The molecule has 4 nitrogen and oxygen atoms in total. The van der Waals surface area contributed by atoms with Crippen molar-refractivity contribution in [1.29, 1.82) is 0 Å². The second-order valence-electron chi connectivity index (χ2n) is 4.16. The van der Waals surface area contributed by atoms with Crippen LogP contribution in [0.1, 0.15) is 24.3 Å². The molecule has 1 atom stereocenters. The van der Waals surface area contributed by atoms with Crippen LogP contribution in [0.3, 0.4) is 0 Å². The molecule has 1 aliphatic rings. The number of hydrogen-bond acceptors (Lipinski definition) is 3. The van der Waals surface area contributed by atoms with E-state index in [1.54, 1.807) is 0 Å². The summed E-state index contributed by atoms with van der Waals surface area (Å²) in [4.78, 5) is 12.0. The highest BCUT2D eigenvalue weighted by Gasteiger charge is 2.26. The van der Waals surface area contributed by atoms with Crippen LogP contribution in [0, 0.1) is 0 Å². The SMILES string of the molecule is NCCCNC(=O)C1CCOc2ccccc21. The number of para-hydroxylation sites is 1. The van der Waals surface area contributed by atoms with Crippen LogP contribution in [-0.2, 0) is 4.79 Å².